The molecule has 3 atom stereocenters. The highest BCUT2D eigenvalue weighted by atomic mass is 19.1. The Morgan fingerprint density at radius 3 is 2.77 bits per heavy atom. The number of halogens is 2. The first-order chi connectivity index (χ1) is 22.8. The maximum atomic E-state index is 16.7. The molecule has 0 unspecified atom stereocenters. The molecule has 0 aliphatic carbocycles. The summed E-state index contributed by atoms with van der Waals surface area (Å²) in [7, 11) is 0. The van der Waals surface area contributed by atoms with Gasteiger partial charge in [-0.3, -0.25) is 14.7 Å². The molecule has 47 heavy (non-hydrogen) atoms. The molecule has 0 N–H and O–H groups in total. The van der Waals surface area contributed by atoms with E-state index < -0.39 is 23.6 Å². The minimum Gasteiger partial charge on any atom is -0.463 e. The fourth-order valence-electron chi connectivity index (χ4n) is 7.16. The van der Waals surface area contributed by atoms with Gasteiger partial charge in [-0.15, -0.1) is 0 Å². The minimum absolute atomic E-state index is 0.0290. The monoisotopic (exact) mass is 639 g/mol. The SMILES string of the molecule is [C-]#[N+]C[C@H]1CN(c2nc(OCCCN3C[C@@H]4C[C@H]3CO4)nc3c(F)c(-c4cccc5cccc(C)c45)ncc23)CCN1C(=O)C(=C)F. The quantitative estimate of drug-likeness (QED) is 0.144. The van der Waals surface area contributed by atoms with Gasteiger partial charge in [0, 0.05) is 50.5 Å². The van der Waals surface area contributed by atoms with Crippen molar-refractivity contribution in [2.45, 2.75) is 38.0 Å². The Labute approximate surface area is 271 Å². The van der Waals surface area contributed by atoms with Gasteiger partial charge in [0.25, 0.3) is 5.91 Å². The van der Waals surface area contributed by atoms with E-state index in [0.717, 1.165) is 48.9 Å². The molecule has 10 nitrogen and oxygen atoms in total. The van der Waals surface area contributed by atoms with Crippen LogP contribution in [0.15, 0.2) is 55.0 Å². The van der Waals surface area contributed by atoms with Crippen LogP contribution in [0.4, 0.5) is 14.6 Å². The maximum absolute atomic E-state index is 16.7. The van der Waals surface area contributed by atoms with Gasteiger partial charge in [0.1, 0.15) is 23.1 Å². The third kappa shape index (κ3) is 5.85. The van der Waals surface area contributed by atoms with E-state index in [1.54, 1.807) is 6.20 Å². The number of fused-ring (bicyclic) bond motifs is 4. The number of aryl methyl sites for hydroxylation is 1. The number of anilines is 1. The molecule has 2 bridgehead atoms. The summed E-state index contributed by atoms with van der Waals surface area (Å²) in [6.45, 7) is 16.0. The molecule has 5 heterocycles. The smallest absolute Gasteiger partial charge is 0.319 e. The van der Waals surface area contributed by atoms with Crippen LogP contribution in [0.25, 0.3) is 37.8 Å². The van der Waals surface area contributed by atoms with Gasteiger partial charge in [0.05, 0.1) is 24.7 Å². The number of carbonyl (C=O) groups is 1. The second kappa shape index (κ2) is 12.8. The Hall–Kier alpha value is -4.73. The number of aromatic nitrogens is 3. The largest absolute Gasteiger partial charge is 0.463 e. The molecular formula is C35H35F2N7O3. The number of benzene rings is 2. The van der Waals surface area contributed by atoms with Gasteiger partial charge in [-0.2, -0.15) is 9.97 Å². The Kier molecular flexibility index (Phi) is 8.42. The van der Waals surface area contributed by atoms with Crippen molar-refractivity contribution in [3.05, 3.63) is 77.8 Å². The summed E-state index contributed by atoms with van der Waals surface area (Å²) in [5, 5.41) is 2.26. The molecule has 0 saturated carbocycles. The van der Waals surface area contributed by atoms with Crippen molar-refractivity contribution in [1.29, 1.82) is 0 Å². The fourth-order valence-corrected chi connectivity index (χ4v) is 7.16. The van der Waals surface area contributed by atoms with Gasteiger partial charge in [-0.1, -0.05) is 43.0 Å². The van der Waals surface area contributed by atoms with E-state index in [1.165, 1.54) is 4.90 Å². The first-order valence-corrected chi connectivity index (χ1v) is 15.9. The first-order valence-electron chi connectivity index (χ1n) is 15.9. The summed E-state index contributed by atoms with van der Waals surface area (Å²) in [6.07, 6.45) is 3.69. The zero-order valence-electron chi connectivity index (χ0n) is 26.2. The predicted molar refractivity (Wildman–Crippen MR) is 174 cm³/mol. The highest BCUT2D eigenvalue weighted by Gasteiger charge is 2.38. The summed E-state index contributed by atoms with van der Waals surface area (Å²) >= 11 is 0. The number of nitrogens with zero attached hydrogens (tertiary/aromatic N) is 7. The Morgan fingerprint density at radius 2 is 2.02 bits per heavy atom. The van der Waals surface area contributed by atoms with Crippen molar-refractivity contribution < 1.29 is 23.0 Å². The Morgan fingerprint density at radius 1 is 1.19 bits per heavy atom. The number of rotatable bonds is 9. The van der Waals surface area contributed by atoms with Crippen LogP contribution >= 0.6 is 0 Å². The van der Waals surface area contributed by atoms with E-state index in [0.29, 0.717) is 35.5 Å². The van der Waals surface area contributed by atoms with Crippen LogP contribution in [0.3, 0.4) is 0 Å². The lowest BCUT2D eigenvalue weighted by Crippen LogP contribution is -2.56. The van der Waals surface area contributed by atoms with Gasteiger partial charge in [-0.05, 0) is 36.1 Å². The molecule has 242 valence electrons. The van der Waals surface area contributed by atoms with Crippen LogP contribution in [0.5, 0.6) is 6.01 Å². The summed E-state index contributed by atoms with van der Waals surface area (Å²) < 4.78 is 42.3. The second-order valence-electron chi connectivity index (χ2n) is 12.4. The van der Waals surface area contributed by atoms with Crippen molar-refractivity contribution in [2.75, 3.05) is 57.4 Å². The molecule has 1 amide bonds. The van der Waals surface area contributed by atoms with Crippen LogP contribution in [0.1, 0.15) is 18.4 Å². The first kappa shape index (κ1) is 30.9. The Bertz CT molecular complexity index is 1910. The van der Waals surface area contributed by atoms with Gasteiger partial charge in [0.15, 0.2) is 11.6 Å². The standard InChI is InChI=1S/C35H35F2N7O3/c1-21-7-4-8-23-9-5-10-27(29(21)23)31-30(37)32-28(17-39-31)33(43-12-13-44(34(45)22(2)36)25(18-43)16-38-3)41-35(40-32)46-14-6-11-42-19-26-15-24(42)20-47-26/h4-5,7-10,17,24-26H,2,6,11-16,18-20H2,1H3/t24-,25-,26-/m0/s1. The lowest BCUT2D eigenvalue weighted by Gasteiger charge is -2.39. The third-order valence-corrected chi connectivity index (χ3v) is 9.42. The summed E-state index contributed by atoms with van der Waals surface area (Å²) in [5.74, 6) is -2.13. The number of hydrogen-bond acceptors (Lipinski definition) is 8. The van der Waals surface area contributed by atoms with E-state index in [9.17, 15) is 9.18 Å². The third-order valence-electron chi connectivity index (χ3n) is 9.42. The Balaban J connectivity index is 1.24. The van der Waals surface area contributed by atoms with Gasteiger partial charge >= 0.3 is 6.01 Å². The van der Waals surface area contributed by atoms with E-state index in [1.807, 2.05) is 48.2 Å². The van der Waals surface area contributed by atoms with E-state index in [-0.39, 0.29) is 43.4 Å². The van der Waals surface area contributed by atoms with Crippen LogP contribution in [0, 0.1) is 19.3 Å². The van der Waals surface area contributed by atoms with Crippen molar-refractivity contribution in [2.24, 2.45) is 0 Å². The molecule has 4 aromatic rings. The number of amides is 1. The average Bonchev–Trinajstić information content (AvgIpc) is 3.70. The molecular weight excluding hydrogens is 604 g/mol. The lowest BCUT2D eigenvalue weighted by atomic mass is 9.97. The fraction of sp³-hybridized carbons (Fsp3) is 0.400. The van der Waals surface area contributed by atoms with Crippen molar-refractivity contribution in [3.8, 4) is 17.3 Å². The molecule has 12 heteroatoms. The zero-order chi connectivity index (χ0) is 32.7. The minimum atomic E-state index is -1.08. The normalized spacial score (nSPS) is 21.0. The number of ether oxygens (including phenoxy) is 2. The van der Waals surface area contributed by atoms with E-state index >= 15 is 4.39 Å². The molecule has 7 rings (SSSR count). The van der Waals surface area contributed by atoms with Crippen LogP contribution < -0.4 is 9.64 Å². The molecule has 3 saturated heterocycles. The van der Waals surface area contributed by atoms with Gasteiger partial charge < -0.3 is 24.1 Å². The maximum Gasteiger partial charge on any atom is 0.319 e. The predicted octanol–water partition coefficient (Wildman–Crippen LogP) is 4.95. The highest BCUT2D eigenvalue weighted by Crippen LogP contribution is 2.36. The lowest BCUT2D eigenvalue weighted by molar-refractivity contribution is -0.131. The van der Waals surface area contributed by atoms with E-state index in [4.69, 9.17) is 21.0 Å². The van der Waals surface area contributed by atoms with Crippen molar-refractivity contribution in [3.63, 3.8) is 0 Å². The molecule has 2 aromatic heterocycles. The summed E-state index contributed by atoms with van der Waals surface area (Å²) in [5.41, 5.74) is 1.88. The molecule has 3 fully saturated rings. The number of carbonyl (C=O) groups excluding carboxylic acids is 1. The molecule has 0 spiro atoms. The number of likely N-dealkylation sites (tertiary alicyclic amines) is 1. The summed E-state index contributed by atoms with van der Waals surface area (Å²) in [4.78, 5) is 35.5. The highest BCUT2D eigenvalue weighted by molar-refractivity contribution is 6.00. The average molecular weight is 640 g/mol. The number of pyridine rings is 1. The van der Waals surface area contributed by atoms with Gasteiger partial charge in [0.2, 0.25) is 6.54 Å². The van der Waals surface area contributed by atoms with Crippen molar-refractivity contribution in [1.82, 2.24) is 24.8 Å². The molecule has 3 aliphatic rings. The number of morpholine rings is 1. The number of hydrogen-bond donors (Lipinski definition) is 0. The summed E-state index contributed by atoms with van der Waals surface area (Å²) in [6, 6.07) is 11.5. The molecule has 0 radical (unpaired) electrons. The second-order valence-corrected chi connectivity index (χ2v) is 12.4. The molecule has 2 aromatic carbocycles. The molecule has 3 aliphatic heterocycles. The van der Waals surface area contributed by atoms with Crippen LogP contribution in [0.2, 0.25) is 0 Å². The van der Waals surface area contributed by atoms with Crippen LogP contribution in [-0.2, 0) is 9.53 Å². The van der Waals surface area contributed by atoms with Crippen molar-refractivity contribution >= 4 is 33.4 Å². The number of piperazine rings is 1. The topological polar surface area (TPSA) is 88.3 Å². The zero-order valence-corrected chi connectivity index (χ0v) is 26.2. The van der Waals surface area contributed by atoms with Crippen LogP contribution in [-0.4, -0.2) is 101 Å². The van der Waals surface area contributed by atoms with Gasteiger partial charge in [-0.25, -0.2) is 15.4 Å². The van der Waals surface area contributed by atoms with E-state index in [2.05, 4.69) is 26.3 Å².